The molecule has 0 atom stereocenters. The maximum atomic E-state index is 12.1. The molecular weight excluding hydrogens is 292 g/mol. The maximum absolute atomic E-state index is 12.1. The van der Waals surface area contributed by atoms with Gasteiger partial charge in [-0.05, 0) is 37.1 Å². The fraction of sp³-hybridized carbons (Fsp3) is 0.278. The molecule has 1 aliphatic rings. The van der Waals surface area contributed by atoms with Crippen molar-refractivity contribution in [2.75, 3.05) is 30.4 Å². The molecule has 2 aromatic carbocycles. The molecule has 0 aromatic heterocycles. The lowest BCUT2D eigenvalue weighted by atomic mass is 10.1. The van der Waals surface area contributed by atoms with Crippen molar-refractivity contribution >= 4 is 17.3 Å². The molecule has 1 aliphatic heterocycles. The number of ether oxygens (including phenoxy) is 2. The van der Waals surface area contributed by atoms with Crippen molar-refractivity contribution in [2.24, 2.45) is 0 Å². The van der Waals surface area contributed by atoms with Crippen molar-refractivity contribution in [3.63, 3.8) is 0 Å². The summed E-state index contributed by atoms with van der Waals surface area (Å²) in [5.74, 6) is 1.27. The lowest BCUT2D eigenvalue weighted by Gasteiger charge is -2.19. The molecule has 0 aliphatic carbocycles. The summed E-state index contributed by atoms with van der Waals surface area (Å²) in [6.07, 6.45) is 0. The summed E-state index contributed by atoms with van der Waals surface area (Å²) in [6, 6.07) is 11.5. The molecule has 1 amide bonds. The Morgan fingerprint density at radius 1 is 1.04 bits per heavy atom. The third-order valence-corrected chi connectivity index (χ3v) is 3.73. The van der Waals surface area contributed by atoms with Gasteiger partial charge in [0.2, 0.25) is 5.91 Å². The highest BCUT2D eigenvalue weighted by Gasteiger charge is 2.13. The van der Waals surface area contributed by atoms with E-state index in [1.54, 1.807) is 6.07 Å². The third-order valence-electron chi connectivity index (χ3n) is 3.73. The lowest BCUT2D eigenvalue weighted by molar-refractivity contribution is -0.114. The van der Waals surface area contributed by atoms with Crippen molar-refractivity contribution in [1.82, 2.24) is 0 Å². The van der Waals surface area contributed by atoms with Crippen molar-refractivity contribution in [3.05, 3.63) is 47.5 Å². The second kappa shape index (κ2) is 6.60. The number of nitrogens with one attached hydrogen (secondary N) is 2. The van der Waals surface area contributed by atoms with Gasteiger partial charge in [0.25, 0.3) is 0 Å². The second-order valence-corrected chi connectivity index (χ2v) is 5.53. The Morgan fingerprint density at radius 3 is 2.48 bits per heavy atom. The Kier molecular flexibility index (Phi) is 4.37. The van der Waals surface area contributed by atoms with E-state index in [4.69, 9.17) is 9.47 Å². The molecule has 5 nitrogen and oxygen atoms in total. The van der Waals surface area contributed by atoms with Crippen LogP contribution in [-0.4, -0.2) is 25.7 Å². The molecule has 5 heteroatoms. The van der Waals surface area contributed by atoms with Gasteiger partial charge in [-0.3, -0.25) is 4.79 Å². The number of hydrogen-bond donors (Lipinski definition) is 2. The van der Waals surface area contributed by atoms with Gasteiger partial charge >= 0.3 is 0 Å². The van der Waals surface area contributed by atoms with Crippen molar-refractivity contribution in [3.8, 4) is 11.5 Å². The summed E-state index contributed by atoms with van der Waals surface area (Å²) in [7, 11) is 0. The van der Waals surface area contributed by atoms with Crippen LogP contribution in [0.3, 0.4) is 0 Å². The van der Waals surface area contributed by atoms with Gasteiger partial charge in [0.05, 0.1) is 6.54 Å². The molecule has 0 radical (unpaired) electrons. The van der Waals surface area contributed by atoms with Gasteiger partial charge in [-0.25, -0.2) is 0 Å². The van der Waals surface area contributed by atoms with Crippen LogP contribution in [0.4, 0.5) is 11.4 Å². The molecular formula is C18H20N2O3. The van der Waals surface area contributed by atoms with Crippen LogP contribution in [0.1, 0.15) is 11.1 Å². The predicted octanol–water partition coefficient (Wildman–Crippen LogP) is 3.13. The van der Waals surface area contributed by atoms with Gasteiger partial charge in [0.15, 0.2) is 11.5 Å². The first kappa shape index (κ1) is 15.2. The number of amides is 1. The van der Waals surface area contributed by atoms with Crippen LogP contribution in [0.5, 0.6) is 11.5 Å². The first-order valence-corrected chi connectivity index (χ1v) is 7.63. The highest BCUT2D eigenvalue weighted by Crippen LogP contribution is 2.32. The minimum Gasteiger partial charge on any atom is -0.486 e. The fourth-order valence-electron chi connectivity index (χ4n) is 2.59. The van der Waals surface area contributed by atoms with Gasteiger partial charge < -0.3 is 20.1 Å². The average Bonchev–Trinajstić information content (AvgIpc) is 2.54. The summed E-state index contributed by atoms with van der Waals surface area (Å²) in [6.45, 7) is 5.33. The molecule has 3 rings (SSSR count). The standard InChI is InChI=1S/C18H20N2O3/c1-12-4-3-5-13(2)18(12)19-11-17(21)20-14-6-7-15-16(10-14)23-9-8-22-15/h3-7,10,19H,8-9,11H2,1-2H3,(H,20,21). The molecule has 23 heavy (non-hydrogen) atoms. The monoisotopic (exact) mass is 312 g/mol. The molecule has 120 valence electrons. The summed E-state index contributed by atoms with van der Waals surface area (Å²) in [5.41, 5.74) is 3.95. The average molecular weight is 312 g/mol. The maximum Gasteiger partial charge on any atom is 0.243 e. The predicted molar refractivity (Wildman–Crippen MR) is 90.5 cm³/mol. The first-order valence-electron chi connectivity index (χ1n) is 7.63. The molecule has 2 aromatic rings. The number of para-hydroxylation sites is 1. The van der Waals surface area contributed by atoms with E-state index < -0.39 is 0 Å². The van der Waals surface area contributed by atoms with E-state index in [1.807, 2.05) is 44.2 Å². The zero-order valence-corrected chi connectivity index (χ0v) is 13.3. The summed E-state index contributed by atoms with van der Waals surface area (Å²) < 4.78 is 11.0. The largest absolute Gasteiger partial charge is 0.486 e. The number of carbonyl (C=O) groups excluding carboxylic acids is 1. The molecule has 0 bridgehead atoms. The van der Waals surface area contributed by atoms with Crippen molar-refractivity contribution < 1.29 is 14.3 Å². The van der Waals surface area contributed by atoms with Crippen LogP contribution in [0.25, 0.3) is 0 Å². The molecule has 0 saturated heterocycles. The summed E-state index contributed by atoms with van der Waals surface area (Å²) in [4.78, 5) is 12.1. The number of carbonyl (C=O) groups is 1. The molecule has 0 saturated carbocycles. The van der Waals surface area contributed by atoms with E-state index in [-0.39, 0.29) is 12.5 Å². The van der Waals surface area contributed by atoms with Crippen molar-refractivity contribution in [2.45, 2.75) is 13.8 Å². The third kappa shape index (κ3) is 3.56. The molecule has 0 spiro atoms. The zero-order valence-electron chi connectivity index (χ0n) is 13.3. The van der Waals surface area contributed by atoms with Gasteiger partial charge in [0, 0.05) is 17.4 Å². The van der Waals surface area contributed by atoms with Crippen LogP contribution < -0.4 is 20.1 Å². The second-order valence-electron chi connectivity index (χ2n) is 5.53. The van der Waals surface area contributed by atoms with E-state index in [2.05, 4.69) is 10.6 Å². The van der Waals surface area contributed by atoms with Gasteiger partial charge in [0.1, 0.15) is 13.2 Å². The van der Waals surface area contributed by atoms with E-state index in [9.17, 15) is 4.79 Å². The van der Waals surface area contributed by atoms with Gasteiger partial charge in [-0.1, -0.05) is 18.2 Å². The Morgan fingerprint density at radius 2 is 1.74 bits per heavy atom. The Labute approximate surface area is 135 Å². The van der Waals surface area contributed by atoms with Crippen LogP contribution in [-0.2, 0) is 4.79 Å². The fourth-order valence-corrected chi connectivity index (χ4v) is 2.59. The van der Waals surface area contributed by atoms with Crippen molar-refractivity contribution in [1.29, 1.82) is 0 Å². The topological polar surface area (TPSA) is 59.6 Å². The number of hydrogen-bond acceptors (Lipinski definition) is 4. The quantitative estimate of drug-likeness (QED) is 0.910. The van der Waals surface area contributed by atoms with Crippen LogP contribution >= 0.6 is 0 Å². The normalized spacial score (nSPS) is 12.6. The Hall–Kier alpha value is -2.69. The molecule has 0 unspecified atom stereocenters. The SMILES string of the molecule is Cc1cccc(C)c1NCC(=O)Nc1ccc2c(c1)OCCO2. The van der Waals surface area contributed by atoms with Gasteiger partial charge in [-0.2, -0.15) is 0 Å². The highest BCUT2D eigenvalue weighted by atomic mass is 16.6. The first-order chi connectivity index (χ1) is 11.1. The number of fused-ring (bicyclic) bond motifs is 1. The smallest absolute Gasteiger partial charge is 0.243 e. The number of anilines is 2. The number of benzene rings is 2. The minimum atomic E-state index is -0.107. The van der Waals surface area contributed by atoms with E-state index in [0.717, 1.165) is 16.8 Å². The lowest BCUT2D eigenvalue weighted by Crippen LogP contribution is -2.22. The number of rotatable bonds is 4. The van der Waals surface area contributed by atoms with E-state index in [1.165, 1.54) is 0 Å². The summed E-state index contributed by atoms with van der Waals surface area (Å²) in [5, 5.41) is 6.06. The van der Waals surface area contributed by atoms with Gasteiger partial charge in [-0.15, -0.1) is 0 Å². The summed E-state index contributed by atoms with van der Waals surface area (Å²) >= 11 is 0. The van der Waals surface area contributed by atoms with Crippen LogP contribution in [0.15, 0.2) is 36.4 Å². The van der Waals surface area contributed by atoms with Crippen LogP contribution in [0.2, 0.25) is 0 Å². The van der Waals surface area contributed by atoms with E-state index >= 15 is 0 Å². The number of aryl methyl sites for hydroxylation is 2. The molecule has 2 N–H and O–H groups in total. The highest BCUT2D eigenvalue weighted by molar-refractivity contribution is 5.94. The van der Waals surface area contributed by atoms with Crippen LogP contribution in [0, 0.1) is 13.8 Å². The van der Waals surface area contributed by atoms with E-state index in [0.29, 0.717) is 30.4 Å². The molecule has 1 heterocycles. The zero-order chi connectivity index (χ0) is 16.2. The molecule has 0 fully saturated rings. The Balaban J connectivity index is 1.61. The Bertz CT molecular complexity index is 708. The minimum absolute atomic E-state index is 0.107.